The van der Waals surface area contributed by atoms with Gasteiger partial charge in [-0.15, -0.1) is 0 Å². The van der Waals surface area contributed by atoms with E-state index in [4.69, 9.17) is 9.47 Å². The summed E-state index contributed by atoms with van der Waals surface area (Å²) in [6.45, 7) is 0. The molecule has 0 aromatic carbocycles. The van der Waals surface area contributed by atoms with Gasteiger partial charge in [-0.25, -0.2) is 0 Å². The van der Waals surface area contributed by atoms with Gasteiger partial charge in [0.05, 0.1) is 0 Å². The van der Waals surface area contributed by atoms with Crippen LogP contribution in [-0.4, -0.2) is 41.4 Å². The highest BCUT2D eigenvalue weighted by atomic mass is 32.2. The fraction of sp³-hybridized carbons (Fsp3) is 0.818. The second kappa shape index (κ2) is 4.96. The van der Waals surface area contributed by atoms with Crippen molar-refractivity contribution in [2.45, 2.75) is 43.4 Å². The molecule has 1 heterocycles. The zero-order valence-electron chi connectivity index (χ0n) is 10.1. The van der Waals surface area contributed by atoms with E-state index in [9.17, 15) is 9.59 Å². The maximum atomic E-state index is 11.9. The highest BCUT2D eigenvalue weighted by Crippen LogP contribution is 2.42. The van der Waals surface area contributed by atoms with Gasteiger partial charge >= 0.3 is 11.2 Å². The van der Waals surface area contributed by atoms with E-state index in [0.29, 0.717) is 0 Å². The number of hydrogen-bond acceptors (Lipinski definition) is 5. The molecule has 2 rings (SSSR count). The lowest BCUT2D eigenvalue weighted by molar-refractivity contribution is -0.231. The normalized spacial score (nSPS) is 25.6. The Labute approximate surface area is 105 Å². The molecule has 5 nitrogen and oxygen atoms in total. The molecule has 1 aliphatic carbocycles. The molecule has 96 valence electrons. The van der Waals surface area contributed by atoms with E-state index in [0.717, 1.165) is 37.4 Å². The first kappa shape index (κ1) is 12.9. The van der Waals surface area contributed by atoms with E-state index in [1.807, 2.05) is 0 Å². The monoisotopic (exact) mass is 259 g/mol. The van der Waals surface area contributed by atoms with Gasteiger partial charge in [-0.2, -0.15) is 0 Å². The zero-order chi connectivity index (χ0) is 12.5. The van der Waals surface area contributed by atoms with Gasteiger partial charge in [-0.3, -0.25) is 14.5 Å². The number of thioether (sulfide) groups is 1. The molecular weight excluding hydrogens is 242 g/mol. The van der Waals surface area contributed by atoms with E-state index in [1.54, 1.807) is 0 Å². The molecule has 0 aromatic rings. The van der Waals surface area contributed by atoms with Crippen LogP contribution in [0.5, 0.6) is 0 Å². The molecule has 0 atom stereocenters. The second-order valence-electron chi connectivity index (χ2n) is 4.29. The van der Waals surface area contributed by atoms with E-state index in [1.165, 1.54) is 25.5 Å². The summed E-state index contributed by atoms with van der Waals surface area (Å²) in [5.41, 5.74) is 0. The minimum Gasteiger partial charge on any atom is -0.327 e. The van der Waals surface area contributed by atoms with Crippen LogP contribution in [0, 0.1) is 0 Å². The van der Waals surface area contributed by atoms with Crippen molar-refractivity contribution in [3.05, 3.63) is 0 Å². The quantitative estimate of drug-likeness (QED) is 0.565. The van der Waals surface area contributed by atoms with Crippen LogP contribution >= 0.6 is 11.8 Å². The van der Waals surface area contributed by atoms with E-state index >= 15 is 0 Å². The number of amides is 1. The van der Waals surface area contributed by atoms with Crippen molar-refractivity contribution < 1.29 is 19.1 Å². The Morgan fingerprint density at radius 2 is 1.76 bits per heavy atom. The smallest absolute Gasteiger partial charge is 0.315 e. The lowest BCUT2D eigenvalue weighted by atomic mass is 9.94. The van der Waals surface area contributed by atoms with Crippen LogP contribution in [-0.2, 0) is 19.1 Å². The standard InChI is InChI=1S/C11H17NO4S/c1-15-11(16-2)12(9(13)10(14)17-11)8-6-4-3-5-7-8/h8H,3-7H2,1-2H3. The molecule has 1 saturated heterocycles. The third-order valence-electron chi connectivity index (χ3n) is 3.37. The number of rotatable bonds is 3. The third-order valence-corrected chi connectivity index (χ3v) is 4.51. The first-order valence-corrected chi connectivity index (χ1v) is 6.63. The lowest BCUT2D eigenvalue weighted by Gasteiger charge is -2.39. The zero-order valence-corrected chi connectivity index (χ0v) is 10.9. The Bertz CT molecular complexity index is 323. The van der Waals surface area contributed by atoms with Crippen molar-refractivity contribution >= 4 is 22.8 Å². The van der Waals surface area contributed by atoms with Crippen molar-refractivity contribution in [1.29, 1.82) is 0 Å². The number of nitrogens with zero attached hydrogens (tertiary/aromatic N) is 1. The predicted molar refractivity (Wildman–Crippen MR) is 63.1 cm³/mol. The number of methoxy groups -OCH3 is 2. The molecular formula is C11H17NO4S. The van der Waals surface area contributed by atoms with Crippen LogP contribution in [0.25, 0.3) is 0 Å². The molecule has 1 aliphatic heterocycles. The Balaban J connectivity index is 2.26. The Hall–Kier alpha value is -0.590. The van der Waals surface area contributed by atoms with Crippen LogP contribution in [0.2, 0.25) is 0 Å². The van der Waals surface area contributed by atoms with Crippen LogP contribution in [0.3, 0.4) is 0 Å². The van der Waals surface area contributed by atoms with Gasteiger partial charge in [-0.05, 0) is 12.8 Å². The highest BCUT2D eigenvalue weighted by Gasteiger charge is 2.56. The maximum Gasteiger partial charge on any atom is 0.315 e. The van der Waals surface area contributed by atoms with Gasteiger partial charge in [0.15, 0.2) is 0 Å². The molecule has 17 heavy (non-hydrogen) atoms. The van der Waals surface area contributed by atoms with Crippen molar-refractivity contribution in [1.82, 2.24) is 4.90 Å². The van der Waals surface area contributed by atoms with Crippen LogP contribution in [0.15, 0.2) is 0 Å². The number of ether oxygens (including phenoxy) is 2. The largest absolute Gasteiger partial charge is 0.327 e. The molecule has 2 fully saturated rings. The van der Waals surface area contributed by atoms with E-state index < -0.39 is 16.3 Å². The summed E-state index contributed by atoms with van der Waals surface area (Å²) in [4.78, 5) is 25.0. The van der Waals surface area contributed by atoms with Crippen molar-refractivity contribution in [2.24, 2.45) is 0 Å². The predicted octanol–water partition coefficient (Wildman–Crippen LogP) is 1.33. The van der Waals surface area contributed by atoms with Crippen LogP contribution in [0.4, 0.5) is 0 Å². The average Bonchev–Trinajstić information content (AvgIpc) is 2.63. The summed E-state index contributed by atoms with van der Waals surface area (Å²) in [5, 5.41) is -1.75. The summed E-state index contributed by atoms with van der Waals surface area (Å²) < 4.78 is 10.6. The molecule has 0 bridgehead atoms. The van der Waals surface area contributed by atoms with Gasteiger partial charge in [0.1, 0.15) is 0 Å². The van der Waals surface area contributed by atoms with Crippen molar-refractivity contribution in [3.63, 3.8) is 0 Å². The minimum absolute atomic E-state index is 0.0510. The minimum atomic E-state index is -1.25. The third kappa shape index (κ3) is 2.09. The molecule has 0 unspecified atom stereocenters. The fourth-order valence-corrected chi connectivity index (χ4v) is 3.44. The highest BCUT2D eigenvalue weighted by molar-refractivity contribution is 8.16. The average molecular weight is 259 g/mol. The van der Waals surface area contributed by atoms with Crippen molar-refractivity contribution in [3.8, 4) is 0 Å². The van der Waals surface area contributed by atoms with Gasteiger partial charge in [0, 0.05) is 32.0 Å². The molecule has 2 aliphatic rings. The summed E-state index contributed by atoms with van der Waals surface area (Å²) in [7, 11) is 2.91. The maximum absolute atomic E-state index is 11.9. The molecule has 1 amide bonds. The molecule has 0 spiro atoms. The molecule has 0 radical (unpaired) electrons. The van der Waals surface area contributed by atoms with E-state index in [-0.39, 0.29) is 6.04 Å². The number of carbonyl (C=O) groups is 2. The lowest BCUT2D eigenvalue weighted by Crippen LogP contribution is -2.53. The number of carbonyl (C=O) groups excluding carboxylic acids is 2. The topological polar surface area (TPSA) is 55.8 Å². The summed E-state index contributed by atoms with van der Waals surface area (Å²) in [6.07, 6.45) is 5.17. The van der Waals surface area contributed by atoms with Crippen LogP contribution in [0.1, 0.15) is 32.1 Å². The summed E-state index contributed by atoms with van der Waals surface area (Å²) in [5.74, 6) is -0.495. The Kier molecular flexibility index (Phi) is 3.75. The Morgan fingerprint density at radius 1 is 1.18 bits per heavy atom. The summed E-state index contributed by atoms with van der Waals surface area (Å²) in [6, 6.07) is 0.0510. The fourth-order valence-electron chi connectivity index (χ4n) is 2.52. The van der Waals surface area contributed by atoms with Crippen LogP contribution < -0.4 is 0 Å². The Morgan fingerprint density at radius 3 is 2.29 bits per heavy atom. The van der Waals surface area contributed by atoms with Gasteiger partial charge in [0.25, 0.3) is 5.12 Å². The molecule has 6 heteroatoms. The first-order chi connectivity index (χ1) is 8.14. The first-order valence-electron chi connectivity index (χ1n) is 5.81. The van der Waals surface area contributed by atoms with Crippen molar-refractivity contribution in [2.75, 3.05) is 14.2 Å². The molecule has 0 N–H and O–H groups in total. The van der Waals surface area contributed by atoms with Gasteiger partial charge < -0.3 is 9.47 Å². The SMILES string of the molecule is COC1(OC)SC(=O)C(=O)N1C1CCCCC1. The van der Waals surface area contributed by atoms with Gasteiger partial charge in [-0.1, -0.05) is 19.3 Å². The second-order valence-corrected chi connectivity index (χ2v) is 5.38. The molecule has 0 aromatic heterocycles. The van der Waals surface area contributed by atoms with E-state index in [2.05, 4.69) is 0 Å². The van der Waals surface area contributed by atoms with Gasteiger partial charge in [0.2, 0.25) is 0 Å². The number of hydrogen-bond donors (Lipinski definition) is 0. The summed E-state index contributed by atoms with van der Waals surface area (Å²) >= 11 is 0.816. The molecule has 1 saturated carbocycles.